The van der Waals surface area contributed by atoms with Gasteiger partial charge in [-0.05, 0) is 36.1 Å². The maximum absolute atomic E-state index is 13.3. The van der Waals surface area contributed by atoms with Crippen molar-refractivity contribution < 1.29 is 13.9 Å². The number of hydrogen-bond donors (Lipinski definition) is 1. The Balaban J connectivity index is 1.86. The van der Waals surface area contributed by atoms with Crippen molar-refractivity contribution in [1.82, 2.24) is 0 Å². The van der Waals surface area contributed by atoms with Crippen LogP contribution in [0.3, 0.4) is 0 Å². The van der Waals surface area contributed by atoms with E-state index in [0.29, 0.717) is 22.3 Å². The zero-order chi connectivity index (χ0) is 21.7. The monoisotopic (exact) mass is 410 g/mol. The molecule has 0 aliphatic rings. The number of rotatable bonds is 2. The van der Waals surface area contributed by atoms with E-state index in [0.717, 1.165) is 11.1 Å². The number of aryl methyl sites for hydroxylation is 2. The van der Waals surface area contributed by atoms with Crippen LogP contribution >= 0.6 is 0 Å². The highest BCUT2D eigenvalue weighted by Crippen LogP contribution is 2.34. The molecule has 0 bridgehead atoms. The Hall–Kier alpha value is -4.12. The molecule has 0 radical (unpaired) electrons. The van der Waals surface area contributed by atoms with Gasteiger partial charge in [-0.3, -0.25) is 9.59 Å². The van der Waals surface area contributed by atoms with Crippen molar-refractivity contribution in [3.05, 3.63) is 98.7 Å². The van der Waals surface area contributed by atoms with Crippen molar-refractivity contribution in [3.8, 4) is 28.0 Å². The topological polar surface area (TPSA) is 80.7 Å². The van der Waals surface area contributed by atoms with Crippen LogP contribution in [-0.2, 0) is 0 Å². The lowest BCUT2D eigenvalue weighted by Gasteiger charge is -2.10. The van der Waals surface area contributed by atoms with Crippen LogP contribution in [0.15, 0.2) is 85.5 Å². The number of aromatic hydroxyl groups is 1. The molecule has 0 amide bonds. The second-order valence-corrected chi connectivity index (χ2v) is 7.56. The van der Waals surface area contributed by atoms with E-state index in [2.05, 4.69) is 0 Å². The maximum atomic E-state index is 13.3. The summed E-state index contributed by atoms with van der Waals surface area (Å²) in [4.78, 5) is 26.6. The van der Waals surface area contributed by atoms with Gasteiger partial charge in [-0.15, -0.1) is 0 Å². The molecule has 5 rings (SSSR count). The molecule has 5 heteroatoms. The van der Waals surface area contributed by atoms with E-state index in [1.54, 1.807) is 0 Å². The van der Waals surface area contributed by atoms with Crippen LogP contribution in [-0.4, -0.2) is 5.11 Å². The predicted octanol–water partition coefficient (Wildman–Crippen LogP) is 5.56. The quantitative estimate of drug-likeness (QED) is 0.386. The number of phenolic OH excluding ortho intramolecular Hbond substituents is 1. The van der Waals surface area contributed by atoms with Gasteiger partial charge in [0.25, 0.3) is 0 Å². The van der Waals surface area contributed by atoms with E-state index in [1.165, 1.54) is 18.6 Å². The van der Waals surface area contributed by atoms with E-state index in [1.807, 2.05) is 62.4 Å². The van der Waals surface area contributed by atoms with Gasteiger partial charge in [0.2, 0.25) is 10.9 Å². The van der Waals surface area contributed by atoms with Gasteiger partial charge in [0, 0.05) is 6.07 Å². The summed E-state index contributed by atoms with van der Waals surface area (Å²) in [6.45, 7) is 3.78. The van der Waals surface area contributed by atoms with Crippen molar-refractivity contribution in [2.75, 3.05) is 0 Å². The van der Waals surface area contributed by atoms with Crippen molar-refractivity contribution in [1.29, 1.82) is 0 Å². The molecule has 152 valence electrons. The van der Waals surface area contributed by atoms with Gasteiger partial charge < -0.3 is 13.9 Å². The van der Waals surface area contributed by atoms with Gasteiger partial charge in [0.1, 0.15) is 40.2 Å². The van der Waals surface area contributed by atoms with Crippen LogP contribution in [0.2, 0.25) is 0 Å². The maximum Gasteiger partial charge on any atom is 0.204 e. The van der Waals surface area contributed by atoms with E-state index in [-0.39, 0.29) is 21.9 Å². The first-order valence-electron chi connectivity index (χ1n) is 9.82. The molecule has 31 heavy (non-hydrogen) atoms. The number of benzene rings is 3. The highest BCUT2D eigenvalue weighted by atomic mass is 16.3. The molecule has 5 nitrogen and oxygen atoms in total. The van der Waals surface area contributed by atoms with Gasteiger partial charge >= 0.3 is 0 Å². The van der Waals surface area contributed by atoms with Gasteiger partial charge in [0.05, 0.1) is 11.1 Å². The molecule has 0 saturated carbocycles. The summed E-state index contributed by atoms with van der Waals surface area (Å²) in [5, 5.41) is 11.0. The molecule has 3 aromatic carbocycles. The third-order valence-corrected chi connectivity index (χ3v) is 5.65. The second kappa shape index (κ2) is 6.99. The Bertz CT molecular complexity index is 1490. The fourth-order valence-electron chi connectivity index (χ4n) is 3.99. The zero-order valence-electron chi connectivity index (χ0n) is 16.9. The lowest BCUT2D eigenvalue weighted by Crippen LogP contribution is -2.10. The minimum Gasteiger partial charge on any atom is -0.506 e. The van der Waals surface area contributed by atoms with Crippen LogP contribution in [0.4, 0.5) is 0 Å². The molecule has 0 atom stereocenters. The molecule has 0 unspecified atom stereocenters. The highest BCUT2D eigenvalue weighted by Gasteiger charge is 2.21. The fourth-order valence-corrected chi connectivity index (χ4v) is 3.99. The van der Waals surface area contributed by atoms with Crippen molar-refractivity contribution >= 4 is 21.9 Å². The average molecular weight is 410 g/mol. The largest absolute Gasteiger partial charge is 0.506 e. The fraction of sp³-hybridized carbons (Fsp3) is 0.0769. The average Bonchev–Trinajstić information content (AvgIpc) is 2.75. The minimum atomic E-state index is -0.430. The summed E-state index contributed by atoms with van der Waals surface area (Å²) in [6, 6.07) is 16.3. The van der Waals surface area contributed by atoms with E-state index in [9.17, 15) is 14.7 Å². The van der Waals surface area contributed by atoms with E-state index >= 15 is 0 Å². The Morgan fingerprint density at radius 1 is 0.645 bits per heavy atom. The van der Waals surface area contributed by atoms with Crippen LogP contribution in [0.5, 0.6) is 5.75 Å². The molecule has 0 spiro atoms. The van der Waals surface area contributed by atoms with E-state index in [4.69, 9.17) is 8.83 Å². The number of fused-ring (bicyclic) bond motifs is 2. The first-order chi connectivity index (χ1) is 15.0. The smallest absolute Gasteiger partial charge is 0.204 e. The van der Waals surface area contributed by atoms with E-state index < -0.39 is 16.6 Å². The summed E-state index contributed by atoms with van der Waals surface area (Å²) < 4.78 is 11.3. The molecule has 1 N–H and O–H groups in total. The predicted molar refractivity (Wildman–Crippen MR) is 121 cm³/mol. The summed E-state index contributed by atoms with van der Waals surface area (Å²) in [7, 11) is 0. The summed E-state index contributed by atoms with van der Waals surface area (Å²) in [5.74, 6) is -0.430. The highest BCUT2D eigenvalue weighted by molar-refractivity contribution is 6.02. The normalized spacial score (nSPS) is 11.3. The molecule has 5 aromatic rings. The first kappa shape index (κ1) is 18.9. The third kappa shape index (κ3) is 2.86. The van der Waals surface area contributed by atoms with Gasteiger partial charge in [-0.2, -0.15) is 0 Å². The summed E-state index contributed by atoms with van der Waals surface area (Å²) in [6.07, 6.45) is 2.75. The van der Waals surface area contributed by atoms with Gasteiger partial charge in [0.15, 0.2) is 0 Å². The van der Waals surface area contributed by atoms with Crippen LogP contribution < -0.4 is 10.9 Å². The number of hydrogen-bond acceptors (Lipinski definition) is 5. The molecule has 0 aliphatic heterocycles. The Morgan fingerprint density at radius 3 is 1.48 bits per heavy atom. The molecular weight excluding hydrogens is 392 g/mol. The minimum absolute atomic E-state index is 0.0394. The standard InChI is InChI=1S/C26H18O5/c1-14-7-3-5-9-16(14)18-12-30-20-11-21-23(26(29)22(20)24(18)27)25(28)19(13-31-21)17-10-6-4-8-15(17)2/h3-13,29H,1-2H3. The van der Waals surface area contributed by atoms with Crippen LogP contribution in [0.25, 0.3) is 44.2 Å². The molecule has 2 aromatic heterocycles. The molecular formula is C26H18O5. The Labute approximate surface area is 176 Å². The van der Waals surface area contributed by atoms with Crippen molar-refractivity contribution in [3.63, 3.8) is 0 Å². The third-order valence-electron chi connectivity index (χ3n) is 5.65. The van der Waals surface area contributed by atoms with Gasteiger partial charge in [-0.1, -0.05) is 48.5 Å². The SMILES string of the molecule is Cc1ccccc1-c1coc2cc3occ(-c4ccccc4C)c(=O)c3c(O)c2c1=O. The van der Waals surface area contributed by atoms with Crippen molar-refractivity contribution in [2.24, 2.45) is 0 Å². The summed E-state index contributed by atoms with van der Waals surface area (Å²) in [5.41, 5.74) is 3.34. The lowest BCUT2D eigenvalue weighted by atomic mass is 9.98. The molecule has 0 fully saturated rings. The first-order valence-corrected chi connectivity index (χ1v) is 9.82. The van der Waals surface area contributed by atoms with Crippen LogP contribution in [0.1, 0.15) is 11.1 Å². The molecule has 0 saturated heterocycles. The molecule has 2 heterocycles. The number of phenols is 1. The summed E-state index contributed by atoms with van der Waals surface area (Å²) >= 11 is 0. The Kier molecular flexibility index (Phi) is 4.26. The lowest BCUT2D eigenvalue weighted by molar-refractivity contribution is 0.483. The van der Waals surface area contributed by atoms with Crippen LogP contribution in [0, 0.1) is 13.8 Å². The van der Waals surface area contributed by atoms with Gasteiger partial charge in [-0.25, -0.2) is 0 Å². The zero-order valence-corrected chi connectivity index (χ0v) is 16.9. The van der Waals surface area contributed by atoms with Crippen molar-refractivity contribution in [2.45, 2.75) is 13.8 Å². The second-order valence-electron chi connectivity index (χ2n) is 7.56. The Morgan fingerprint density at radius 2 is 1.06 bits per heavy atom. The molecule has 0 aliphatic carbocycles.